The minimum atomic E-state index is -2.47. The molecule has 0 aliphatic heterocycles. The Balaban J connectivity index is 0.000000198. The summed E-state index contributed by atoms with van der Waals surface area (Å²) in [6, 6.07) is 41.3. The van der Waals surface area contributed by atoms with Crippen LogP contribution in [-0.4, -0.2) is 27.8 Å². The summed E-state index contributed by atoms with van der Waals surface area (Å²) in [6.45, 7) is 4.26. The minimum absolute atomic E-state index is 0. The van der Waals surface area contributed by atoms with E-state index in [0.717, 1.165) is 28.1 Å². The van der Waals surface area contributed by atoms with Crippen molar-refractivity contribution in [2.24, 2.45) is 0 Å². The third-order valence-corrected chi connectivity index (χ3v) is 14.1. The van der Waals surface area contributed by atoms with Crippen molar-refractivity contribution in [2.75, 3.05) is 0 Å². The number of hydrogen-bond donors (Lipinski definition) is 0. The molecule has 0 aliphatic rings. The molecule has 0 saturated carbocycles. The van der Waals surface area contributed by atoms with Crippen LogP contribution in [0.1, 0.15) is 38.8 Å². The van der Waals surface area contributed by atoms with Crippen LogP contribution in [0.15, 0.2) is 121 Å². The van der Waals surface area contributed by atoms with Gasteiger partial charge in [-0.2, -0.15) is 11.3 Å². The van der Waals surface area contributed by atoms with Crippen LogP contribution in [0.25, 0.3) is 59.5 Å². The Labute approximate surface area is 323 Å². The number of hydrogen-bond acceptors (Lipinski definition) is 3. The average Bonchev–Trinajstić information content (AvgIpc) is 3.69. The maximum Gasteiger partial charge on any atom is 0 e. The first-order valence-electron chi connectivity index (χ1n) is 18.9. The predicted molar refractivity (Wildman–Crippen MR) is 213 cm³/mol. The van der Waals surface area contributed by atoms with E-state index in [2.05, 4.69) is 139 Å². The number of thiophene rings is 1. The molecule has 1 radical (unpaired) electrons. The predicted octanol–water partition coefficient (Wildman–Crippen LogP) is 11.6. The second-order valence-corrected chi connectivity index (χ2v) is 26.0. The number of imidazole rings is 1. The van der Waals surface area contributed by atoms with Crippen molar-refractivity contribution in [2.45, 2.75) is 50.3 Å². The monoisotopic (exact) mass is 915 g/mol. The summed E-state index contributed by atoms with van der Waals surface area (Å²) >= 11 is -0.105. The summed E-state index contributed by atoms with van der Waals surface area (Å²) in [4.78, 5) is 9.43. The van der Waals surface area contributed by atoms with E-state index in [1.165, 1.54) is 36.2 Å². The molecule has 50 heavy (non-hydrogen) atoms. The Hall–Kier alpha value is -3.87. The zero-order valence-corrected chi connectivity index (χ0v) is 34.3. The molecule has 0 spiro atoms. The fourth-order valence-electron chi connectivity index (χ4n) is 5.85. The molecule has 0 aliphatic carbocycles. The van der Waals surface area contributed by atoms with Gasteiger partial charge >= 0.3 is 113 Å². The maximum atomic E-state index is 7.88. The van der Waals surface area contributed by atoms with Crippen LogP contribution in [0, 0.1) is 19.0 Å². The van der Waals surface area contributed by atoms with E-state index in [9.17, 15) is 0 Å². The largest absolute Gasteiger partial charge is 0 e. The first-order chi connectivity index (χ1) is 25.5. The van der Waals surface area contributed by atoms with Gasteiger partial charge in [-0.1, -0.05) is 68.6 Å². The molecule has 0 atom stereocenters. The molecular formula is C44H41GeIrN3S-2. The summed E-state index contributed by atoms with van der Waals surface area (Å²) in [5, 5.41) is 2.55. The van der Waals surface area contributed by atoms with E-state index < -0.39 is 20.1 Å². The van der Waals surface area contributed by atoms with E-state index in [-0.39, 0.29) is 43.2 Å². The summed E-state index contributed by atoms with van der Waals surface area (Å²) < 4.78 is 44.0. The Bertz CT molecular complexity index is 2610. The van der Waals surface area contributed by atoms with E-state index in [1.807, 2.05) is 35.7 Å². The molecule has 0 N–H and O–H groups in total. The van der Waals surface area contributed by atoms with E-state index in [1.54, 1.807) is 0 Å². The normalized spacial score (nSPS) is 13.4. The quantitative estimate of drug-likeness (QED) is 0.130. The molecule has 8 aromatic rings. The second kappa shape index (κ2) is 14.4. The fraction of sp³-hybridized carbons (Fsp3) is 0.182. The third kappa shape index (κ3) is 7.43. The molecule has 0 bridgehead atoms. The number of pyridine rings is 1. The van der Waals surface area contributed by atoms with Gasteiger partial charge in [0, 0.05) is 30.5 Å². The smallest absolute Gasteiger partial charge is 0 e. The van der Waals surface area contributed by atoms with Crippen LogP contribution in [0.3, 0.4) is 0 Å². The van der Waals surface area contributed by atoms with Gasteiger partial charge in [0.25, 0.3) is 0 Å². The van der Waals surface area contributed by atoms with Crippen molar-refractivity contribution in [3.8, 4) is 28.3 Å². The number of fused-ring (bicyclic) bond motifs is 4. The number of rotatable bonds is 4. The minimum Gasteiger partial charge on any atom is 0 e. The Morgan fingerprint density at radius 2 is 1.58 bits per heavy atom. The van der Waals surface area contributed by atoms with E-state index >= 15 is 0 Å². The molecular weight excluding hydrogens is 867 g/mol. The molecule has 8 rings (SSSR count). The third-order valence-electron chi connectivity index (χ3n) is 8.69. The van der Waals surface area contributed by atoms with Gasteiger partial charge in [-0.15, -0.1) is 23.8 Å². The SMILES string of the molecule is CC(C)(C)c1ccc(-n2c(-c3[c-]cc4c(c3)sc3ccccc34)nc3ccccc32)cc1.[2H]c1[c-]c(-c2cc[c]([Ge]([CH3])([CH3])[CH3])cn2)cc([2H])c1C([2H])([2H])[2H].[Ir]. The summed E-state index contributed by atoms with van der Waals surface area (Å²) in [5.41, 5.74) is 6.50. The molecule has 0 amide bonds. The maximum absolute atomic E-state index is 7.88. The molecule has 3 aromatic heterocycles. The van der Waals surface area contributed by atoms with Crippen LogP contribution < -0.4 is 4.40 Å². The van der Waals surface area contributed by atoms with Gasteiger partial charge in [0.15, 0.2) is 0 Å². The van der Waals surface area contributed by atoms with Gasteiger partial charge < -0.3 is 4.57 Å². The Morgan fingerprint density at radius 3 is 2.28 bits per heavy atom. The van der Waals surface area contributed by atoms with Crippen LogP contribution in [0.5, 0.6) is 0 Å². The van der Waals surface area contributed by atoms with E-state index in [0.29, 0.717) is 11.3 Å². The summed E-state index contributed by atoms with van der Waals surface area (Å²) in [7, 11) is 0. The molecule has 3 nitrogen and oxygen atoms in total. The van der Waals surface area contributed by atoms with Crippen molar-refractivity contribution in [3.63, 3.8) is 0 Å². The van der Waals surface area contributed by atoms with Gasteiger partial charge in [0.2, 0.25) is 0 Å². The van der Waals surface area contributed by atoms with Gasteiger partial charge in [-0.3, -0.25) is 4.98 Å². The van der Waals surface area contributed by atoms with Crippen LogP contribution in [0.2, 0.25) is 17.3 Å². The van der Waals surface area contributed by atoms with E-state index in [4.69, 9.17) is 11.8 Å². The Morgan fingerprint density at radius 1 is 0.820 bits per heavy atom. The first-order valence-corrected chi connectivity index (χ1v) is 24.6. The summed E-state index contributed by atoms with van der Waals surface area (Å²) in [6.07, 6.45) is 1.84. The summed E-state index contributed by atoms with van der Waals surface area (Å²) in [5.74, 6) is 7.75. The number of nitrogens with zero attached hydrogens (tertiary/aromatic N) is 3. The van der Waals surface area contributed by atoms with Crippen molar-refractivity contribution in [1.29, 1.82) is 0 Å². The van der Waals surface area contributed by atoms with Crippen molar-refractivity contribution < 1.29 is 27.0 Å². The number of para-hydroxylation sites is 2. The van der Waals surface area contributed by atoms with Crippen molar-refractivity contribution in [1.82, 2.24) is 14.5 Å². The molecule has 6 heteroatoms. The van der Waals surface area contributed by atoms with Gasteiger partial charge in [-0.05, 0) is 51.4 Å². The molecule has 0 fully saturated rings. The van der Waals surface area contributed by atoms with Gasteiger partial charge in [0.05, 0.1) is 16.9 Å². The fourth-order valence-corrected chi connectivity index (χ4v) is 9.15. The van der Waals surface area contributed by atoms with Crippen LogP contribution >= 0.6 is 11.3 Å². The topological polar surface area (TPSA) is 30.7 Å². The van der Waals surface area contributed by atoms with Crippen LogP contribution in [-0.2, 0) is 25.5 Å². The second-order valence-electron chi connectivity index (χ2n) is 14.3. The number of benzene rings is 5. The Kier molecular flexibility index (Phi) is 8.59. The van der Waals surface area contributed by atoms with Crippen molar-refractivity contribution >= 4 is 60.2 Å². The van der Waals surface area contributed by atoms with Gasteiger partial charge in [-0.25, -0.2) is 0 Å². The number of aromatic nitrogens is 3. The van der Waals surface area contributed by atoms with Gasteiger partial charge in [0.1, 0.15) is 0 Å². The zero-order valence-electron chi connectivity index (χ0n) is 34.0. The average molecular weight is 914 g/mol. The molecule has 0 saturated heterocycles. The molecule has 253 valence electrons. The molecule has 5 aromatic carbocycles. The standard InChI is InChI=1S/C29H23N2S.C15H18GeN.Ir/c1-29(2,3)20-13-15-21(16-14-20)31-25-10-6-5-9-24(25)30-28(31)19-12-17-23-22-8-4-7-11-26(22)32-27(23)18-19;1-12-5-7-13(8-6-12)15-10-9-14(11-17-15)16(2,3)4;/h4-11,13-18H,1-3H3;5-7,9-11H,1-4H3;/q2*-1;/i;1D3,5D,6D;. The first kappa shape index (κ1) is 29.8. The van der Waals surface area contributed by atoms with Crippen molar-refractivity contribution in [3.05, 3.63) is 145 Å². The zero-order chi connectivity index (χ0) is 38.6. The molecule has 0 unspecified atom stereocenters. The van der Waals surface area contributed by atoms with Crippen LogP contribution in [0.4, 0.5) is 0 Å². The molecule has 3 heterocycles.